The average molecular weight is 480 g/mol. The zero-order chi connectivity index (χ0) is 23.2. The molecule has 0 N–H and O–H groups in total. The van der Waals surface area contributed by atoms with Crippen molar-refractivity contribution in [2.24, 2.45) is 0 Å². The Hall–Kier alpha value is -3.10. The minimum absolute atomic E-state index is 0.00913. The summed E-state index contributed by atoms with van der Waals surface area (Å²) in [5.74, 6) is 0.923. The smallest absolute Gasteiger partial charge is 0.272 e. The third-order valence-electron chi connectivity index (χ3n) is 5.33. The molecule has 8 heteroatoms. The van der Waals surface area contributed by atoms with E-state index in [9.17, 15) is 9.59 Å². The zero-order valence-corrected chi connectivity index (χ0v) is 20.2. The summed E-state index contributed by atoms with van der Waals surface area (Å²) < 4.78 is 7.72. The number of benzene rings is 2. The van der Waals surface area contributed by atoms with Crippen LogP contribution in [0.25, 0.3) is 10.2 Å². The number of fused-ring (bicyclic) bond motifs is 1. The highest BCUT2D eigenvalue weighted by Crippen LogP contribution is 2.24. The third-order valence-corrected chi connectivity index (χ3v) is 7.18. The van der Waals surface area contributed by atoms with Gasteiger partial charge in [0, 0.05) is 18.7 Å². The number of nitrogens with zero attached hydrogens (tertiary/aromatic N) is 3. The van der Waals surface area contributed by atoms with Crippen LogP contribution >= 0.6 is 23.1 Å². The lowest BCUT2D eigenvalue weighted by Crippen LogP contribution is -2.32. The van der Waals surface area contributed by atoms with E-state index in [-0.39, 0.29) is 17.2 Å². The van der Waals surface area contributed by atoms with Crippen LogP contribution in [-0.2, 0) is 17.9 Å². The molecule has 1 amide bonds. The highest BCUT2D eigenvalue weighted by atomic mass is 32.2. The minimum Gasteiger partial charge on any atom is -0.496 e. The number of amides is 1. The normalized spacial score (nSPS) is 11.0. The first kappa shape index (κ1) is 23.1. The van der Waals surface area contributed by atoms with Gasteiger partial charge in [0.25, 0.3) is 5.56 Å². The molecule has 0 atom stereocenters. The molecule has 33 heavy (non-hydrogen) atoms. The molecule has 4 aromatic rings. The van der Waals surface area contributed by atoms with Crippen molar-refractivity contribution >= 4 is 39.2 Å². The van der Waals surface area contributed by atoms with Gasteiger partial charge >= 0.3 is 0 Å². The van der Waals surface area contributed by atoms with Gasteiger partial charge in [0.15, 0.2) is 5.16 Å². The first-order valence-electron chi connectivity index (χ1n) is 10.6. The quantitative estimate of drug-likeness (QED) is 0.258. The first-order chi connectivity index (χ1) is 16.1. The number of hydrogen-bond acceptors (Lipinski definition) is 6. The van der Waals surface area contributed by atoms with E-state index >= 15 is 0 Å². The summed E-state index contributed by atoms with van der Waals surface area (Å²) in [4.78, 5) is 32.8. The Morgan fingerprint density at radius 2 is 1.88 bits per heavy atom. The number of carbonyl (C=O) groups excluding carboxylic acids is 1. The fraction of sp³-hybridized carbons (Fsp3) is 0.240. The van der Waals surface area contributed by atoms with E-state index < -0.39 is 0 Å². The van der Waals surface area contributed by atoms with Crippen LogP contribution in [0.2, 0.25) is 0 Å². The zero-order valence-electron chi connectivity index (χ0n) is 18.6. The van der Waals surface area contributed by atoms with Crippen LogP contribution in [0.15, 0.2) is 76.0 Å². The largest absolute Gasteiger partial charge is 0.496 e. The van der Waals surface area contributed by atoms with Crippen molar-refractivity contribution in [3.05, 3.63) is 87.5 Å². The maximum atomic E-state index is 13.3. The highest BCUT2D eigenvalue weighted by molar-refractivity contribution is 7.99. The van der Waals surface area contributed by atoms with E-state index in [2.05, 4.69) is 0 Å². The number of hydrogen-bond donors (Lipinski definition) is 0. The lowest BCUT2D eigenvalue weighted by molar-refractivity contribution is -0.128. The molecule has 0 saturated carbocycles. The molecule has 0 bridgehead atoms. The van der Waals surface area contributed by atoms with Gasteiger partial charge in [-0.05, 0) is 30.0 Å². The van der Waals surface area contributed by atoms with Gasteiger partial charge in [-0.2, -0.15) is 0 Å². The Bertz CT molecular complexity index is 1300. The molecule has 0 saturated heterocycles. The van der Waals surface area contributed by atoms with Crippen molar-refractivity contribution in [1.82, 2.24) is 14.5 Å². The van der Waals surface area contributed by atoms with Gasteiger partial charge in [0.1, 0.15) is 10.4 Å². The minimum atomic E-state index is -0.104. The second-order valence-electron chi connectivity index (χ2n) is 7.41. The Labute approximate surface area is 200 Å². The van der Waals surface area contributed by atoms with Gasteiger partial charge in [0.2, 0.25) is 5.91 Å². The average Bonchev–Trinajstić information content (AvgIpc) is 3.33. The fourth-order valence-corrected chi connectivity index (χ4v) is 5.25. The van der Waals surface area contributed by atoms with Gasteiger partial charge in [-0.25, -0.2) is 4.98 Å². The molecule has 0 radical (unpaired) electrons. The molecule has 0 aliphatic carbocycles. The van der Waals surface area contributed by atoms with Crippen LogP contribution in [-0.4, -0.2) is 39.8 Å². The van der Waals surface area contributed by atoms with Crippen LogP contribution in [0.5, 0.6) is 5.75 Å². The Morgan fingerprint density at radius 1 is 1.12 bits per heavy atom. The molecule has 6 nitrogen and oxygen atoms in total. The van der Waals surface area contributed by atoms with Crippen LogP contribution in [0.1, 0.15) is 18.1 Å². The summed E-state index contributed by atoms with van der Waals surface area (Å²) in [6.45, 7) is 3.46. The number of rotatable bonds is 9. The molecule has 0 fully saturated rings. The summed E-state index contributed by atoms with van der Waals surface area (Å²) in [6, 6.07) is 19.4. The van der Waals surface area contributed by atoms with Crippen molar-refractivity contribution in [3.8, 4) is 5.75 Å². The van der Waals surface area contributed by atoms with Crippen LogP contribution in [0, 0.1) is 0 Å². The third kappa shape index (κ3) is 5.29. The standard InChI is InChI=1S/C25H25N3O3S2/c1-3-27(15-18-9-5-4-6-10-18)22(29)17-33-25-26-20-13-14-32-23(20)24(30)28(25)16-19-11-7-8-12-21(19)31-2/h4-14H,3,15-17H2,1-2H3. The van der Waals surface area contributed by atoms with Gasteiger partial charge < -0.3 is 9.64 Å². The van der Waals surface area contributed by atoms with E-state index in [4.69, 9.17) is 9.72 Å². The second-order valence-corrected chi connectivity index (χ2v) is 9.27. The van der Waals surface area contributed by atoms with Crippen molar-refractivity contribution in [2.75, 3.05) is 19.4 Å². The summed E-state index contributed by atoms with van der Waals surface area (Å²) in [7, 11) is 1.61. The van der Waals surface area contributed by atoms with Crippen LogP contribution in [0.4, 0.5) is 0 Å². The van der Waals surface area contributed by atoms with E-state index in [1.807, 2.05) is 77.9 Å². The summed E-state index contributed by atoms with van der Waals surface area (Å²) >= 11 is 2.68. The van der Waals surface area contributed by atoms with Gasteiger partial charge in [0.05, 0.1) is 24.9 Å². The molecule has 0 aliphatic rings. The number of thiophene rings is 1. The van der Waals surface area contributed by atoms with Crippen LogP contribution < -0.4 is 10.3 Å². The van der Waals surface area contributed by atoms with E-state index in [1.165, 1.54) is 23.1 Å². The Balaban J connectivity index is 1.59. The molecule has 0 unspecified atom stereocenters. The van der Waals surface area contributed by atoms with Gasteiger partial charge in [-0.15, -0.1) is 11.3 Å². The molecule has 2 aromatic heterocycles. The Morgan fingerprint density at radius 3 is 2.64 bits per heavy atom. The molecule has 2 aromatic carbocycles. The number of methoxy groups -OCH3 is 1. The number of carbonyl (C=O) groups is 1. The Kier molecular flexibility index (Phi) is 7.47. The molecular formula is C25H25N3O3S2. The first-order valence-corrected chi connectivity index (χ1v) is 12.5. The number of aromatic nitrogens is 2. The van der Waals surface area contributed by atoms with E-state index in [0.717, 1.165) is 11.1 Å². The van der Waals surface area contributed by atoms with E-state index in [0.29, 0.717) is 40.8 Å². The number of thioether (sulfide) groups is 1. The number of ether oxygens (including phenoxy) is 1. The SMILES string of the molecule is CCN(Cc1ccccc1)C(=O)CSc1nc2ccsc2c(=O)n1Cc1ccccc1OC. The molecule has 170 valence electrons. The van der Waals surface area contributed by atoms with Crippen LogP contribution in [0.3, 0.4) is 0 Å². The predicted molar refractivity (Wildman–Crippen MR) is 134 cm³/mol. The highest BCUT2D eigenvalue weighted by Gasteiger charge is 2.18. The number of para-hydroxylation sites is 1. The monoisotopic (exact) mass is 479 g/mol. The van der Waals surface area contributed by atoms with Gasteiger partial charge in [-0.1, -0.05) is 60.3 Å². The molecule has 0 aliphatic heterocycles. The second kappa shape index (κ2) is 10.7. The van der Waals surface area contributed by atoms with Crippen molar-refractivity contribution < 1.29 is 9.53 Å². The molecule has 4 rings (SSSR count). The fourth-order valence-electron chi connectivity index (χ4n) is 3.57. The van der Waals surface area contributed by atoms with Crippen molar-refractivity contribution in [1.29, 1.82) is 0 Å². The van der Waals surface area contributed by atoms with E-state index in [1.54, 1.807) is 11.7 Å². The molecule has 0 spiro atoms. The molecular weight excluding hydrogens is 454 g/mol. The lowest BCUT2D eigenvalue weighted by atomic mass is 10.2. The maximum Gasteiger partial charge on any atom is 0.272 e. The summed E-state index contributed by atoms with van der Waals surface area (Å²) in [5.41, 5.74) is 2.52. The van der Waals surface area contributed by atoms with Gasteiger partial charge in [-0.3, -0.25) is 14.2 Å². The summed E-state index contributed by atoms with van der Waals surface area (Å²) in [6.07, 6.45) is 0. The lowest BCUT2D eigenvalue weighted by Gasteiger charge is -2.21. The molecule has 2 heterocycles. The summed E-state index contributed by atoms with van der Waals surface area (Å²) in [5, 5.41) is 2.39. The van der Waals surface area contributed by atoms with Crippen molar-refractivity contribution in [2.45, 2.75) is 25.2 Å². The maximum absolute atomic E-state index is 13.3. The topological polar surface area (TPSA) is 64.4 Å². The van der Waals surface area contributed by atoms with Crippen molar-refractivity contribution in [3.63, 3.8) is 0 Å². The predicted octanol–water partition coefficient (Wildman–Crippen LogP) is 4.66.